The Balaban J connectivity index is 1.91. The summed E-state index contributed by atoms with van der Waals surface area (Å²) in [6, 6.07) is -1.93. The van der Waals surface area contributed by atoms with Gasteiger partial charge in [0.25, 0.3) is 0 Å². The number of rotatable bonds is 7. The molecule has 0 radical (unpaired) electrons. The van der Waals surface area contributed by atoms with Gasteiger partial charge >= 0.3 is 0 Å². The van der Waals surface area contributed by atoms with Gasteiger partial charge in [-0.3, -0.25) is 14.6 Å². The molecular weight excluding hydrogens is 504 g/mol. The first kappa shape index (κ1) is 26.7. The highest BCUT2D eigenvalue weighted by molar-refractivity contribution is 5.94. The lowest BCUT2D eigenvalue weighted by atomic mass is 9.77. The minimum absolute atomic E-state index is 0.191. The van der Waals surface area contributed by atoms with E-state index in [1.165, 1.54) is 14.2 Å². The summed E-state index contributed by atoms with van der Waals surface area (Å²) in [5.74, 6) is 3.00. The maximum Gasteiger partial charge on any atom is 0.245 e. The Kier molecular flexibility index (Phi) is 6.62. The number of ether oxygens (including phenoxy) is 6. The molecular formula is C29H34N2O8. The average molecular weight is 539 g/mol. The second-order valence-electron chi connectivity index (χ2n) is 9.82. The van der Waals surface area contributed by atoms with E-state index in [2.05, 4.69) is 0 Å². The zero-order valence-corrected chi connectivity index (χ0v) is 23.8. The van der Waals surface area contributed by atoms with E-state index in [0.29, 0.717) is 57.7 Å². The van der Waals surface area contributed by atoms with Crippen molar-refractivity contribution < 1.29 is 38.0 Å². The van der Waals surface area contributed by atoms with Crippen LogP contribution in [0.4, 0.5) is 0 Å². The molecule has 2 aromatic carbocycles. The van der Waals surface area contributed by atoms with Gasteiger partial charge < -0.3 is 33.2 Å². The van der Waals surface area contributed by atoms with Crippen molar-refractivity contribution in [3.63, 3.8) is 0 Å². The second kappa shape index (κ2) is 9.68. The molecule has 3 atom stereocenters. The van der Waals surface area contributed by atoms with Crippen LogP contribution in [0.5, 0.6) is 34.5 Å². The molecule has 2 bridgehead atoms. The summed E-state index contributed by atoms with van der Waals surface area (Å²) in [7, 11) is 11.3. The number of nitrogens with zero attached hydrogens (tertiary/aromatic N) is 2. The molecule has 10 nitrogen and oxygen atoms in total. The molecule has 10 heteroatoms. The highest BCUT2D eigenvalue weighted by Gasteiger charge is 2.53. The van der Waals surface area contributed by atoms with Crippen LogP contribution in [-0.4, -0.2) is 77.7 Å². The van der Waals surface area contributed by atoms with Crippen LogP contribution in [0.15, 0.2) is 5.70 Å². The fraction of sp³-hybridized carbons (Fsp3) is 0.448. The zero-order valence-electron chi connectivity index (χ0n) is 23.8. The van der Waals surface area contributed by atoms with Gasteiger partial charge in [0.05, 0.1) is 54.7 Å². The molecule has 0 N–H and O–H groups in total. The first-order chi connectivity index (χ1) is 18.7. The van der Waals surface area contributed by atoms with Gasteiger partial charge in [0.2, 0.25) is 5.91 Å². The number of carbonyl (C=O) groups excluding carboxylic acids is 2. The number of aldehydes is 1. The quantitative estimate of drug-likeness (QED) is 0.492. The second-order valence-corrected chi connectivity index (χ2v) is 9.82. The molecule has 5 rings (SSSR count). The molecule has 1 saturated heterocycles. The minimum atomic E-state index is -0.952. The van der Waals surface area contributed by atoms with E-state index in [4.69, 9.17) is 28.4 Å². The minimum Gasteiger partial charge on any atom is -0.496 e. The van der Waals surface area contributed by atoms with Crippen LogP contribution in [0.2, 0.25) is 0 Å². The maximum atomic E-state index is 14.2. The standard InChI is InChI=1S/C29H34N2O8/c1-13-23(34-4)15-10-17-22-21-16(24(35-5)14(2)26(37-7)28(21)39-9)11-18(30(22)3)29(33)31(17)19(12-32)20(15)27(38-8)25(13)36-6/h10,12,18-19,22H,11H2,1-9H3/t18-,19+,22+/m0/s1. The Hall–Kier alpha value is -3.92. The predicted octanol–water partition coefficient (Wildman–Crippen LogP) is 3.39. The van der Waals surface area contributed by atoms with Gasteiger partial charge in [0, 0.05) is 45.5 Å². The molecule has 0 saturated carbocycles. The molecule has 0 aromatic heterocycles. The summed E-state index contributed by atoms with van der Waals surface area (Å²) in [6.45, 7) is 3.78. The number of carbonyl (C=O) groups is 2. The number of hydrogen-bond acceptors (Lipinski definition) is 9. The smallest absolute Gasteiger partial charge is 0.245 e. The van der Waals surface area contributed by atoms with Crippen molar-refractivity contribution in [1.29, 1.82) is 0 Å². The van der Waals surface area contributed by atoms with Crippen LogP contribution in [-0.2, 0) is 16.0 Å². The van der Waals surface area contributed by atoms with Gasteiger partial charge in [-0.15, -0.1) is 0 Å². The van der Waals surface area contributed by atoms with Gasteiger partial charge in [0.1, 0.15) is 23.8 Å². The van der Waals surface area contributed by atoms with Crippen molar-refractivity contribution in [3.8, 4) is 34.5 Å². The molecule has 39 heavy (non-hydrogen) atoms. The van der Waals surface area contributed by atoms with Gasteiger partial charge in [-0.2, -0.15) is 0 Å². The summed E-state index contributed by atoms with van der Waals surface area (Å²) >= 11 is 0. The van der Waals surface area contributed by atoms with Crippen LogP contribution < -0.4 is 28.4 Å². The number of methoxy groups -OCH3 is 6. The number of likely N-dealkylation sites (N-methyl/N-ethyl adjacent to an activating group) is 1. The molecule has 0 unspecified atom stereocenters. The normalized spacial score (nSPS) is 21.3. The van der Waals surface area contributed by atoms with Gasteiger partial charge in [-0.1, -0.05) is 0 Å². The van der Waals surface area contributed by atoms with E-state index in [-0.39, 0.29) is 5.91 Å². The lowest BCUT2D eigenvalue weighted by Gasteiger charge is -2.53. The van der Waals surface area contributed by atoms with Crippen molar-refractivity contribution in [2.24, 2.45) is 0 Å². The Bertz CT molecular complexity index is 1420. The number of piperazine rings is 1. The summed E-state index contributed by atoms with van der Waals surface area (Å²) in [4.78, 5) is 30.7. The molecule has 2 aromatic rings. The van der Waals surface area contributed by atoms with Crippen LogP contribution in [0.1, 0.15) is 45.5 Å². The Morgan fingerprint density at radius 3 is 1.79 bits per heavy atom. The van der Waals surface area contributed by atoms with Gasteiger partial charge in [-0.25, -0.2) is 0 Å². The highest BCUT2D eigenvalue weighted by atomic mass is 16.5. The zero-order chi connectivity index (χ0) is 28.3. The third-order valence-corrected chi connectivity index (χ3v) is 8.27. The molecule has 0 aliphatic carbocycles. The van der Waals surface area contributed by atoms with E-state index in [1.54, 1.807) is 33.3 Å². The molecule has 1 amide bonds. The molecule has 208 valence electrons. The Morgan fingerprint density at radius 2 is 1.28 bits per heavy atom. The number of fused-ring (bicyclic) bond motifs is 7. The van der Waals surface area contributed by atoms with Gasteiger partial charge in [0.15, 0.2) is 23.0 Å². The van der Waals surface area contributed by atoms with Gasteiger partial charge in [-0.05, 0) is 27.0 Å². The Labute approximate surface area is 228 Å². The fourth-order valence-electron chi connectivity index (χ4n) is 6.70. The van der Waals surface area contributed by atoms with Crippen LogP contribution >= 0.6 is 0 Å². The van der Waals surface area contributed by atoms with Crippen LogP contribution in [0, 0.1) is 13.8 Å². The van der Waals surface area contributed by atoms with E-state index in [9.17, 15) is 9.59 Å². The predicted molar refractivity (Wildman–Crippen MR) is 143 cm³/mol. The topological polar surface area (TPSA) is 96.0 Å². The molecule has 3 aliphatic heterocycles. The lowest BCUT2D eigenvalue weighted by Crippen LogP contribution is -2.60. The first-order valence-corrected chi connectivity index (χ1v) is 12.6. The largest absolute Gasteiger partial charge is 0.496 e. The SMILES string of the molecule is COc1c(C)c(OC)c(OC)c2c1C=C1[C@@H]3c4c(c(OC)c(C)c(OC)c4OC)C[C@@H](C(=O)N1[C@@H]2C=O)N3C. The summed E-state index contributed by atoms with van der Waals surface area (Å²) in [5.41, 5.74) is 5.05. The lowest BCUT2D eigenvalue weighted by molar-refractivity contribution is -0.145. The Morgan fingerprint density at radius 1 is 0.769 bits per heavy atom. The number of amides is 1. The van der Waals surface area contributed by atoms with Crippen molar-refractivity contribution in [1.82, 2.24) is 9.80 Å². The van der Waals surface area contributed by atoms with Crippen LogP contribution in [0.3, 0.4) is 0 Å². The van der Waals surface area contributed by atoms with Crippen molar-refractivity contribution in [3.05, 3.63) is 39.1 Å². The van der Waals surface area contributed by atoms with Crippen LogP contribution in [0.25, 0.3) is 6.08 Å². The maximum absolute atomic E-state index is 14.2. The number of hydrogen-bond donors (Lipinski definition) is 0. The molecule has 0 spiro atoms. The molecule has 1 fully saturated rings. The van der Waals surface area contributed by atoms with E-state index >= 15 is 0 Å². The highest BCUT2D eigenvalue weighted by Crippen LogP contribution is 2.58. The van der Waals surface area contributed by atoms with E-state index in [1.807, 2.05) is 31.9 Å². The summed E-state index contributed by atoms with van der Waals surface area (Å²) < 4.78 is 34.9. The monoisotopic (exact) mass is 538 g/mol. The third kappa shape index (κ3) is 3.37. The van der Waals surface area contributed by atoms with E-state index < -0.39 is 18.1 Å². The van der Waals surface area contributed by atoms with Crippen molar-refractivity contribution in [2.75, 3.05) is 49.7 Å². The first-order valence-electron chi connectivity index (χ1n) is 12.6. The molecule has 3 heterocycles. The third-order valence-electron chi connectivity index (χ3n) is 8.27. The van der Waals surface area contributed by atoms with Crippen molar-refractivity contribution in [2.45, 2.75) is 38.4 Å². The fourth-order valence-corrected chi connectivity index (χ4v) is 6.70. The van der Waals surface area contributed by atoms with Crippen molar-refractivity contribution >= 4 is 18.3 Å². The number of benzene rings is 2. The van der Waals surface area contributed by atoms with E-state index in [0.717, 1.165) is 28.5 Å². The summed E-state index contributed by atoms with van der Waals surface area (Å²) in [6.07, 6.45) is 3.06. The molecule has 3 aliphatic rings. The summed E-state index contributed by atoms with van der Waals surface area (Å²) in [5, 5.41) is 0. The average Bonchev–Trinajstić information content (AvgIpc) is 2.93.